The van der Waals surface area contributed by atoms with E-state index in [0.29, 0.717) is 17.1 Å². The number of ether oxygens (including phenoxy) is 1. The van der Waals surface area contributed by atoms with Gasteiger partial charge in [0, 0.05) is 29.3 Å². The van der Waals surface area contributed by atoms with E-state index in [-0.39, 0.29) is 17.3 Å². The molecular formula is C22H16N2O5. The summed E-state index contributed by atoms with van der Waals surface area (Å²) in [6.07, 6.45) is 1.51. The van der Waals surface area contributed by atoms with E-state index in [4.69, 9.17) is 9.15 Å². The van der Waals surface area contributed by atoms with E-state index in [1.165, 1.54) is 18.2 Å². The van der Waals surface area contributed by atoms with E-state index in [1.807, 2.05) is 31.2 Å². The van der Waals surface area contributed by atoms with Crippen molar-refractivity contribution in [3.63, 3.8) is 0 Å². The van der Waals surface area contributed by atoms with Crippen LogP contribution in [0.4, 0.5) is 5.69 Å². The summed E-state index contributed by atoms with van der Waals surface area (Å²) in [6, 6.07) is 15.5. The van der Waals surface area contributed by atoms with Crippen LogP contribution in [0, 0.1) is 24.0 Å². The van der Waals surface area contributed by atoms with Gasteiger partial charge in [-0.15, -0.1) is 0 Å². The lowest BCUT2D eigenvalue weighted by molar-refractivity contribution is -0.384. The van der Waals surface area contributed by atoms with Crippen molar-refractivity contribution < 1.29 is 18.9 Å². The predicted molar refractivity (Wildman–Crippen MR) is 107 cm³/mol. The first kappa shape index (κ1) is 18.4. The average molecular weight is 388 g/mol. The highest BCUT2D eigenvalue weighted by Gasteiger charge is 2.24. The minimum atomic E-state index is -0.550. The third-order valence-electron chi connectivity index (χ3n) is 4.48. The number of benzene rings is 2. The van der Waals surface area contributed by atoms with E-state index in [0.717, 1.165) is 16.7 Å². The van der Waals surface area contributed by atoms with Crippen LogP contribution in [0.2, 0.25) is 0 Å². The van der Waals surface area contributed by atoms with Crippen molar-refractivity contribution in [2.24, 2.45) is 4.99 Å². The van der Waals surface area contributed by atoms with Crippen molar-refractivity contribution in [3.05, 3.63) is 92.9 Å². The van der Waals surface area contributed by atoms with Gasteiger partial charge in [-0.05, 0) is 49.7 Å². The molecule has 3 aromatic rings. The molecule has 4 rings (SSSR count). The Kier molecular flexibility index (Phi) is 4.56. The SMILES string of the molecule is Cc1cccc(C2=NC(=Cc3ccc(-c4ccc([N+](=O)[O-])cc4C)o3)C(=O)O2)c1. The molecule has 1 aromatic heterocycles. The summed E-state index contributed by atoms with van der Waals surface area (Å²) in [5, 5.41) is 10.9. The Morgan fingerprint density at radius 3 is 2.62 bits per heavy atom. The molecule has 29 heavy (non-hydrogen) atoms. The van der Waals surface area contributed by atoms with Gasteiger partial charge in [-0.25, -0.2) is 9.79 Å². The number of cyclic esters (lactones) is 1. The molecular weight excluding hydrogens is 372 g/mol. The first-order chi connectivity index (χ1) is 13.9. The van der Waals surface area contributed by atoms with Crippen molar-refractivity contribution in [2.75, 3.05) is 0 Å². The van der Waals surface area contributed by atoms with Crippen LogP contribution in [-0.2, 0) is 9.53 Å². The fourth-order valence-electron chi connectivity index (χ4n) is 3.06. The number of nitro groups is 1. The molecule has 144 valence electrons. The number of carbonyl (C=O) groups excluding carboxylic acids is 1. The van der Waals surface area contributed by atoms with E-state index >= 15 is 0 Å². The van der Waals surface area contributed by atoms with Crippen LogP contribution in [-0.4, -0.2) is 16.8 Å². The minimum Gasteiger partial charge on any atom is -0.457 e. The van der Waals surface area contributed by atoms with Gasteiger partial charge in [-0.2, -0.15) is 0 Å². The molecule has 0 N–H and O–H groups in total. The summed E-state index contributed by atoms with van der Waals surface area (Å²) in [7, 11) is 0. The maximum atomic E-state index is 12.2. The highest BCUT2D eigenvalue weighted by molar-refractivity contribution is 6.12. The topological polar surface area (TPSA) is 94.9 Å². The molecule has 0 amide bonds. The van der Waals surface area contributed by atoms with Gasteiger partial charge < -0.3 is 9.15 Å². The molecule has 0 unspecified atom stereocenters. The molecule has 0 saturated heterocycles. The van der Waals surface area contributed by atoms with Crippen LogP contribution in [0.15, 0.2) is 69.7 Å². The highest BCUT2D eigenvalue weighted by Crippen LogP contribution is 2.29. The van der Waals surface area contributed by atoms with E-state index in [9.17, 15) is 14.9 Å². The van der Waals surface area contributed by atoms with Crippen LogP contribution < -0.4 is 0 Å². The maximum Gasteiger partial charge on any atom is 0.363 e. The van der Waals surface area contributed by atoms with Crippen LogP contribution in [0.1, 0.15) is 22.5 Å². The Labute approximate surface area is 166 Å². The minimum absolute atomic E-state index is 0.0202. The second kappa shape index (κ2) is 7.20. The predicted octanol–water partition coefficient (Wildman–Crippen LogP) is 4.82. The summed E-state index contributed by atoms with van der Waals surface area (Å²) >= 11 is 0. The van der Waals surface area contributed by atoms with Gasteiger partial charge in [0.15, 0.2) is 5.70 Å². The molecule has 0 bridgehead atoms. The Bertz CT molecular complexity index is 1200. The zero-order valence-electron chi connectivity index (χ0n) is 15.7. The third kappa shape index (κ3) is 3.70. The van der Waals surface area contributed by atoms with Crippen molar-refractivity contribution in [1.82, 2.24) is 0 Å². The number of nitro benzene ring substituents is 1. The molecule has 0 radical (unpaired) electrons. The average Bonchev–Trinajstić information content (AvgIpc) is 3.29. The summed E-state index contributed by atoms with van der Waals surface area (Å²) in [6.45, 7) is 3.72. The second-order valence-electron chi connectivity index (χ2n) is 6.66. The van der Waals surface area contributed by atoms with Gasteiger partial charge in [0.25, 0.3) is 5.69 Å². The number of aliphatic imine (C=N–C) groups is 1. The molecule has 0 atom stereocenters. The smallest absolute Gasteiger partial charge is 0.363 e. The maximum absolute atomic E-state index is 12.2. The number of hydrogen-bond donors (Lipinski definition) is 0. The van der Waals surface area contributed by atoms with Gasteiger partial charge in [-0.1, -0.05) is 17.7 Å². The number of esters is 1. The fourth-order valence-corrected chi connectivity index (χ4v) is 3.06. The third-order valence-corrected chi connectivity index (χ3v) is 4.48. The Hall–Kier alpha value is -4.00. The lowest BCUT2D eigenvalue weighted by Crippen LogP contribution is -2.05. The Morgan fingerprint density at radius 2 is 1.90 bits per heavy atom. The molecule has 2 heterocycles. The van der Waals surface area contributed by atoms with Gasteiger partial charge in [-0.3, -0.25) is 10.1 Å². The quantitative estimate of drug-likeness (QED) is 0.276. The number of furan rings is 1. The fraction of sp³-hybridized carbons (Fsp3) is 0.0909. The molecule has 0 aliphatic carbocycles. The molecule has 7 nitrogen and oxygen atoms in total. The van der Waals surface area contributed by atoms with Crippen LogP contribution in [0.25, 0.3) is 17.4 Å². The monoisotopic (exact) mass is 388 g/mol. The molecule has 2 aromatic carbocycles. The lowest BCUT2D eigenvalue weighted by atomic mass is 10.1. The zero-order chi connectivity index (χ0) is 20.5. The first-order valence-corrected chi connectivity index (χ1v) is 8.85. The van der Waals surface area contributed by atoms with E-state index in [1.54, 1.807) is 25.1 Å². The van der Waals surface area contributed by atoms with Gasteiger partial charge in [0.05, 0.1) is 4.92 Å². The largest absolute Gasteiger partial charge is 0.457 e. The number of aryl methyl sites for hydroxylation is 2. The standard InChI is InChI=1S/C22H16N2O5/c1-13-4-3-5-15(10-13)21-23-19(22(25)29-21)12-17-7-9-20(28-17)18-8-6-16(24(26)27)11-14(18)2/h3-12H,1-2H3. The number of nitrogens with zero attached hydrogens (tertiary/aromatic N) is 2. The van der Waals surface area contributed by atoms with Crippen LogP contribution in [0.5, 0.6) is 0 Å². The van der Waals surface area contributed by atoms with Crippen LogP contribution in [0.3, 0.4) is 0 Å². The van der Waals surface area contributed by atoms with Gasteiger partial charge in [0.1, 0.15) is 11.5 Å². The van der Waals surface area contributed by atoms with E-state index < -0.39 is 10.9 Å². The number of carbonyl (C=O) groups is 1. The molecule has 1 aliphatic rings. The van der Waals surface area contributed by atoms with Crippen molar-refractivity contribution in [2.45, 2.75) is 13.8 Å². The molecule has 1 aliphatic heterocycles. The zero-order valence-corrected chi connectivity index (χ0v) is 15.7. The summed E-state index contributed by atoms with van der Waals surface area (Å²) in [5.41, 5.74) is 3.37. The molecule has 7 heteroatoms. The number of hydrogen-bond acceptors (Lipinski definition) is 6. The molecule has 0 saturated carbocycles. The summed E-state index contributed by atoms with van der Waals surface area (Å²) in [5.74, 6) is 0.673. The van der Waals surface area contributed by atoms with Crippen molar-refractivity contribution in [3.8, 4) is 11.3 Å². The summed E-state index contributed by atoms with van der Waals surface area (Å²) < 4.78 is 11.1. The van der Waals surface area contributed by atoms with Gasteiger partial charge in [0.2, 0.25) is 5.90 Å². The first-order valence-electron chi connectivity index (χ1n) is 8.85. The molecule has 0 spiro atoms. The summed E-state index contributed by atoms with van der Waals surface area (Å²) in [4.78, 5) is 26.9. The normalized spacial score (nSPS) is 14.8. The number of non-ortho nitro benzene ring substituents is 1. The van der Waals surface area contributed by atoms with Crippen LogP contribution >= 0.6 is 0 Å². The lowest BCUT2D eigenvalue weighted by Gasteiger charge is -2.02. The van der Waals surface area contributed by atoms with Crippen molar-refractivity contribution >= 4 is 23.6 Å². The van der Waals surface area contributed by atoms with Crippen molar-refractivity contribution in [1.29, 1.82) is 0 Å². The highest BCUT2D eigenvalue weighted by atomic mass is 16.6. The van der Waals surface area contributed by atoms with E-state index in [2.05, 4.69) is 4.99 Å². The molecule has 0 fully saturated rings. The second-order valence-corrected chi connectivity index (χ2v) is 6.66. The Balaban J connectivity index is 1.62. The number of rotatable bonds is 4. The van der Waals surface area contributed by atoms with Gasteiger partial charge >= 0.3 is 5.97 Å². The Morgan fingerprint density at radius 1 is 1.07 bits per heavy atom.